The van der Waals surface area contributed by atoms with Crippen LogP contribution in [0.15, 0.2) is 4.99 Å². The van der Waals surface area contributed by atoms with Gasteiger partial charge < -0.3 is 5.32 Å². The summed E-state index contributed by atoms with van der Waals surface area (Å²) in [5.41, 5.74) is 0. The van der Waals surface area contributed by atoms with E-state index in [0.29, 0.717) is 12.0 Å². The van der Waals surface area contributed by atoms with Crippen LogP contribution in [0.1, 0.15) is 40.0 Å². The Morgan fingerprint density at radius 1 is 1.53 bits per heavy atom. The van der Waals surface area contributed by atoms with Crippen LogP contribution in [-0.2, 0) is 0 Å². The zero-order valence-electron chi connectivity index (χ0n) is 9.99. The van der Waals surface area contributed by atoms with Crippen LogP contribution in [0, 0.1) is 11.8 Å². The van der Waals surface area contributed by atoms with Gasteiger partial charge in [-0.3, -0.25) is 4.99 Å². The Morgan fingerprint density at radius 2 is 2.33 bits per heavy atom. The molecule has 1 heterocycles. The molecule has 1 saturated carbocycles. The summed E-state index contributed by atoms with van der Waals surface area (Å²) in [6.07, 6.45) is 3.90. The number of amidine groups is 1. The number of hydrogen-bond acceptors (Lipinski definition) is 3. The summed E-state index contributed by atoms with van der Waals surface area (Å²) >= 11 is 1.90. The highest BCUT2D eigenvalue weighted by Gasteiger charge is 2.36. The minimum Gasteiger partial charge on any atom is -0.362 e. The minimum absolute atomic E-state index is 0.549. The van der Waals surface area contributed by atoms with Crippen LogP contribution in [0.3, 0.4) is 0 Å². The van der Waals surface area contributed by atoms with Gasteiger partial charge in [0, 0.05) is 11.8 Å². The fourth-order valence-electron chi connectivity index (χ4n) is 2.12. The maximum absolute atomic E-state index is 4.80. The number of thioether (sulfide) groups is 1. The third-order valence-corrected chi connectivity index (χ3v) is 4.40. The molecule has 1 N–H and O–H groups in total. The molecule has 86 valence electrons. The average molecular weight is 226 g/mol. The summed E-state index contributed by atoms with van der Waals surface area (Å²) in [6.45, 7) is 6.82. The van der Waals surface area contributed by atoms with E-state index in [2.05, 4.69) is 26.1 Å². The molecule has 1 aliphatic carbocycles. The van der Waals surface area contributed by atoms with Gasteiger partial charge >= 0.3 is 0 Å². The molecule has 0 saturated heterocycles. The van der Waals surface area contributed by atoms with E-state index < -0.39 is 0 Å². The molecule has 1 fully saturated rings. The van der Waals surface area contributed by atoms with E-state index >= 15 is 0 Å². The van der Waals surface area contributed by atoms with E-state index in [1.807, 2.05) is 11.8 Å². The lowest BCUT2D eigenvalue weighted by Crippen LogP contribution is -2.31. The lowest BCUT2D eigenvalue weighted by Gasteiger charge is -2.23. The van der Waals surface area contributed by atoms with Crippen molar-refractivity contribution in [2.24, 2.45) is 16.8 Å². The van der Waals surface area contributed by atoms with Crippen molar-refractivity contribution in [2.75, 3.05) is 5.75 Å². The first-order valence-electron chi connectivity index (χ1n) is 6.17. The molecule has 1 aliphatic heterocycles. The molecule has 0 radical (unpaired) electrons. The van der Waals surface area contributed by atoms with Crippen molar-refractivity contribution < 1.29 is 0 Å². The predicted molar refractivity (Wildman–Crippen MR) is 68.5 cm³/mol. The van der Waals surface area contributed by atoms with Crippen LogP contribution in [0.25, 0.3) is 0 Å². The SMILES string of the molecule is CCC1CC1NC1=NC(C(C)C)CCS1. The van der Waals surface area contributed by atoms with E-state index in [-0.39, 0.29) is 0 Å². The molecule has 0 spiro atoms. The van der Waals surface area contributed by atoms with Crippen LogP contribution < -0.4 is 5.32 Å². The van der Waals surface area contributed by atoms with Crippen molar-refractivity contribution >= 4 is 16.9 Å². The normalized spacial score (nSPS) is 35.2. The Labute approximate surface area is 97.3 Å². The van der Waals surface area contributed by atoms with Gasteiger partial charge in [0.15, 0.2) is 5.17 Å². The fourth-order valence-corrected chi connectivity index (χ4v) is 3.12. The first kappa shape index (κ1) is 11.3. The zero-order chi connectivity index (χ0) is 10.8. The number of rotatable bonds is 3. The van der Waals surface area contributed by atoms with Gasteiger partial charge in [-0.15, -0.1) is 0 Å². The van der Waals surface area contributed by atoms with E-state index in [9.17, 15) is 0 Å². The standard InChI is InChI=1S/C12H22N2S/c1-4-9-7-11(9)14-12-13-10(8(2)3)5-6-15-12/h8-11H,4-7H2,1-3H3,(H,13,14). The van der Waals surface area contributed by atoms with Crippen molar-refractivity contribution in [3.63, 3.8) is 0 Å². The number of nitrogens with one attached hydrogen (secondary N) is 1. The summed E-state index contributed by atoms with van der Waals surface area (Å²) in [5.74, 6) is 2.83. The highest BCUT2D eigenvalue weighted by atomic mass is 32.2. The highest BCUT2D eigenvalue weighted by molar-refractivity contribution is 8.13. The van der Waals surface area contributed by atoms with E-state index in [1.54, 1.807) is 0 Å². The zero-order valence-corrected chi connectivity index (χ0v) is 10.8. The molecule has 3 unspecified atom stereocenters. The van der Waals surface area contributed by atoms with Crippen molar-refractivity contribution in [1.29, 1.82) is 0 Å². The lowest BCUT2D eigenvalue weighted by molar-refractivity contribution is 0.482. The Hall–Kier alpha value is -0.180. The Bertz CT molecular complexity index is 250. The van der Waals surface area contributed by atoms with Gasteiger partial charge in [0.2, 0.25) is 0 Å². The number of hydrogen-bond donors (Lipinski definition) is 1. The molecule has 0 amide bonds. The fraction of sp³-hybridized carbons (Fsp3) is 0.917. The van der Waals surface area contributed by atoms with Crippen LogP contribution in [-0.4, -0.2) is 23.0 Å². The first-order chi connectivity index (χ1) is 7.20. The van der Waals surface area contributed by atoms with Gasteiger partial charge in [0.05, 0.1) is 6.04 Å². The topological polar surface area (TPSA) is 24.4 Å². The van der Waals surface area contributed by atoms with Crippen LogP contribution in [0.5, 0.6) is 0 Å². The summed E-state index contributed by atoms with van der Waals surface area (Å²) in [4.78, 5) is 4.80. The van der Waals surface area contributed by atoms with E-state index in [4.69, 9.17) is 4.99 Å². The second-order valence-corrected chi connectivity index (χ2v) is 6.12. The highest BCUT2D eigenvalue weighted by Crippen LogP contribution is 2.34. The van der Waals surface area contributed by atoms with Crippen molar-refractivity contribution in [2.45, 2.75) is 52.1 Å². The predicted octanol–water partition coefficient (Wildman–Crippen LogP) is 2.89. The molecule has 2 nitrogen and oxygen atoms in total. The van der Waals surface area contributed by atoms with Gasteiger partial charge in [-0.05, 0) is 24.7 Å². The van der Waals surface area contributed by atoms with Gasteiger partial charge in [0.1, 0.15) is 0 Å². The second kappa shape index (κ2) is 4.77. The molecular formula is C12H22N2S. The second-order valence-electron chi connectivity index (χ2n) is 5.04. The van der Waals surface area contributed by atoms with Crippen LogP contribution in [0.2, 0.25) is 0 Å². The maximum atomic E-state index is 4.80. The van der Waals surface area contributed by atoms with Crippen molar-refractivity contribution in [3.8, 4) is 0 Å². The maximum Gasteiger partial charge on any atom is 0.157 e. The van der Waals surface area contributed by atoms with Crippen molar-refractivity contribution in [3.05, 3.63) is 0 Å². The molecular weight excluding hydrogens is 204 g/mol. The molecule has 2 aliphatic rings. The summed E-state index contributed by atoms with van der Waals surface area (Å²) in [7, 11) is 0. The Morgan fingerprint density at radius 3 is 2.93 bits per heavy atom. The van der Waals surface area contributed by atoms with Gasteiger partial charge in [0.25, 0.3) is 0 Å². The monoisotopic (exact) mass is 226 g/mol. The number of aliphatic imine (C=N–C) groups is 1. The Kier molecular flexibility index (Phi) is 3.60. The van der Waals surface area contributed by atoms with Crippen molar-refractivity contribution in [1.82, 2.24) is 5.32 Å². The van der Waals surface area contributed by atoms with Gasteiger partial charge in [-0.25, -0.2) is 0 Å². The molecule has 0 aromatic heterocycles. The third kappa shape index (κ3) is 2.90. The van der Waals surface area contributed by atoms with Gasteiger partial charge in [-0.2, -0.15) is 0 Å². The summed E-state index contributed by atoms with van der Waals surface area (Å²) < 4.78 is 0. The molecule has 0 aromatic carbocycles. The molecule has 3 heteroatoms. The smallest absolute Gasteiger partial charge is 0.157 e. The van der Waals surface area contributed by atoms with Gasteiger partial charge in [-0.1, -0.05) is 39.0 Å². The molecule has 0 aromatic rings. The van der Waals surface area contributed by atoms with E-state index in [0.717, 1.165) is 12.0 Å². The summed E-state index contributed by atoms with van der Waals surface area (Å²) in [6, 6.07) is 1.28. The van der Waals surface area contributed by atoms with Crippen LogP contribution in [0.4, 0.5) is 0 Å². The quantitative estimate of drug-likeness (QED) is 0.800. The number of nitrogens with zero attached hydrogens (tertiary/aromatic N) is 1. The average Bonchev–Trinajstić information content (AvgIpc) is 2.97. The third-order valence-electron chi connectivity index (χ3n) is 3.46. The van der Waals surface area contributed by atoms with E-state index in [1.165, 1.54) is 30.2 Å². The Balaban J connectivity index is 1.86. The summed E-state index contributed by atoms with van der Waals surface area (Å²) in [5, 5.41) is 4.80. The van der Waals surface area contributed by atoms with Crippen LogP contribution >= 0.6 is 11.8 Å². The molecule has 2 rings (SSSR count). The first-order valence-corrected chi connectivity index (χ1v) is 7.16. The largest absolute Gasteiger partial charge is 0.362 e. The minimum atomic E-state index is 0.549. The molecule has 0 bridgehead atoms. The lowest BCUT2D eigenvalue weighted by atomic mass is 10.0. The molecule has 3 atom stereocenters. The molecule has 15 heavy (non-hydrogen) atoms.